The Balaban J connectivity index is 0.00000432. The first-order chi connectivity index (χ1) is 16.1. The van der Waals surface area contributed by atoms with E-state index >= 15 is 0 Å². The number of alkyl carbamates (subject to hydrolysis) is 1. The van der Waals surface area contributed by atoms with Gasteiger partial charge in [-0.1, -0.05) is 25.0 Å². The molecule has 1 saturated heterocycles. The maximum Gasteiger partial charge on any atom is 0.408 e. The first-order valence-electron chi connectivity index (χ1n) is 12.3. The standard InChI is InChI=1S/C25H38N3O6.W/c1-5-33-22(31)25-16-17(25)12-9-7-6-8-10-13-18(26-23(32)34-24(2,3)4)21(30)28-15-11-14-19(28)20(29)27-25;/h9,11-12,17-19H,5-8,10,13-16H2,1-4H3,(H,26,32)(H,27,29);/q-1;/b12-9-;/t17?,18-,19-,25+;/m0./s1. The van der Waals surface area contributed by atoms with Crippen LogP contribution in [0.15, 0.2) is 12.2 Å². The smallest absolute Gasteiger partial charge is 0.408 e. The molecule has 3 rings (SSSR count). The van der Waals surface area contributed by atoms with Gasteiger partial charge in [-0.3, -0.25) is 9.59 Å². The van der Waals surface area contributed by atoms with Crippen LogP contribution in [0.4, 0.5) is 4.79 Å². The van der Waals surface area contributed by atoms with Crippen LogP contribution < -0.4 is 10.6 Å². The molecule has 0 aromatic carbocycles. The Morgan fingerprint density at radius 3 is 2.69 bits per heavy atom. The van der Waals surface area contributed by atoms with Gasteiger partial charge in [-0.05, 0) is 53.4 Å². The van der Waals surface area contributed by atoms with E-state index in [1.54, 1.807) is 27.7 Å². The number of allylic oxidation sites excluding steroid dienone is 1. The summed E-state index contributed by atoms with van der Waals surface area (Å²) in [6.45, 7) is 7.56. The topological polar surface area (TPSA) is 114 Å². The van der Waals surface area contributed by atoms with E-state index in [2.05, 4.69) is 16.7 Å². The van der Waals surface area contributed by atoms with E-state index in [1.165, 1.54) is 4.90 Å². The van der Waals surface area contributed by atoms with E-state index in [-0.39, 0.29) is 45.4 Å². The number of ether oxygens (including phenoxy) is 2. The third-order valence-electron chi connectivity index (χ3n) is 6.40. The molecule has 2 heterocycles. The number of hydrogen-bond donors (Lipinski definition) is 2. The predicted octanol–water partition coefficient (Wildman–Crippen LogP) is 2.64. The molecular weight excluding hydrogens is 622 g/mol. The number of nitrogens with one attached hydrogen (secondary N) is 2. The molecule has 0 radical (unpaired) electrons. The van der Waals surface area contributed by atoms with Gasteiger partial charge in [-0.15, -0.1) is 13.0 Å². The second kappa shape index (κ2) is 12.4. The number of amides is 3. The maximum atomic E-state index is 13.5. The number of esters is 1. The molecule has 2 aliphatic heterocycles. The molecule has 10 heteroatoms. The summed E-state index contributed by atoms with van der Waals surface area (Å²) in [6, 6.07) is -1.53. The summed E-state index contributed by atoms with van der Waals surface area (Å²) >= 11 is 0. The van der Waals surface area contributed by atoms with E-state index < -0.39 is 35.3 Å². The number of carbonyl (C=O) groups excluding carboxylic acids is 4. The normalized spacial score (nSPS) is 30.3. The second-order valence-corrected chi connectivity index (χ2v) is 10.3. The Labute approximate surface area is 222 Å². The number of rotatable bonds is 3. The van der Waals surface area contributed by atoms with Gasteiger partial charge in [0.05, 0.1) is 12.6 Å². The molecule has 2 N–H and O–H groups in total. The second-order valence-electron chi connectivity index (χ2n) is 10.3. The SMILES string of the molecule is CCOC(=O)[C@@]12CC1/C=C\CCCCC[C@H](NC(=O)OC(C)(C)C)C(=O)N1C[CH-]C[C@H]1C(=O)N2.[W]. The molecule has 0 bridgehead atoms. The van der Waals surface area contributed by atoms with Crippen LogP contribution in [0.2, 0.25) is 0 Å². The molecule has 0 aromatic rings. The van der Waals surface area contributed by atoms with Crippen LogP contribution in [-0.4, -0.2) is 65.2 Å². The summed E-state index contributed by atoms with van der Waals surface area (Å²) in [5, 5.41) is 5.63. The van der Waals surface area contributed by atoms with E-state index in [9.17, 15) is 19.2 Å². The van der Waals surface area contributed by atoms with Gasteiger partial charge in [-0.2, -0.15) is 0 Å². The van der Waals surface area contributed by atoms with Crippen molar-refractivity contribution in [2.45, 2.75) is 95.9 Å². The van der Waals surface area contributed by atoms with Crippen LogP contribution in [0, 0.1) is 12.3 Å². The van der Waals surface area contributed by atoms with Gasteiger partial charge in [0.1, 0.15) is 17.2 Å². The summed E-state index contributed by atoms with van der Waals surface area (Å²) in [5.41, 5.74) is -1.76. The number of carbonyl (C=O) groups is 4. The summed E-state index contributed by atoms with van der Waals surface area (Å²) in [4.78, 5) is 53.4. The molecule has 3 aliphatic rings. The van der Waals surface area contributed by atoms with Crippen molar-refractivity contribution < 1.29 is 49.7 Å². The predicted molar refractivity (Wildman–Crippen MR) is 125 cm³/mol. The maximum absolute atomic E-state index is 13.5. The van der Waals surface area contributed by atoms with Crippen LogP contribution in [-0.2, 0) is 44.9 Å². The Hall–Kier alpha value is -1.89. The largest absolute Gasteiger partial charge is 0.464 e. The third kappa shape index (κ3) is 7.55. The molecule has 35 heavy (non-hydrogen) atoms. The molecule has 1 aliphatic carbocycles. The first-order valence-corrected chi connectivity index (χ1v) is 12.3. The zero-order chi connectivity index (χ0) is 24.9. The third-order valence-corrected chi connectivity index (χ3v) is 6.40. The minimum atomic E-state index is -1.07. The average molecular weight is 660 g/mol. The zero-order valence-electron chi connectivity index (χ0n) is 21.1. The summed E-state index contributed by atoms with van der Waals surface area (Å²) < 4.78 is 10.6. The van der Waals surface area contributed by atoms with Crippen molar-refractivity contribution in [3.05, 3.63) is 18.6 Å². The van der Waals surface area contributed by atoms with Crippen molar-refractivity contribution in [1.29, 1.82) is 0 Å². The zero-order valence-corrected chi connectivity index (χ0v) is 24.1. The van der Waals surface area contributed by atoms with Crippen molar-refractivity contribution in [2.24, 2.45) is 5.92 Å². The summed E-state index contributed by atoms with van der Waals surface area (Å²) in [5.74, 6) is -1.24. The fourth-order valence-corrected chi connectivity index (χ4v) is 4.59. The van der Waals surface area contributed by atoms with Crippen molar-refractivity contribution in [1.82, 2.24) is 15.5 Å². The summed E-state index contributed by atoms with van der Waals surface area (Å²) in [6.07, 6.45) is 10.0. The van der Waals surface area contributed by atoms with Gasteiger partial charge in [0.2, 0.25) is 11.8 Å². The molecule has 4 atom stereocenters. The number of fused-ring (bicyclic) bond motifs is 2. The number of hydrogen-bond acceptors (Lipinski definition) is 6. The minimum Gasteiger partial charge on any atom is -0.464 e. The van der Waals surface area contributed by atoms with E-state index in [0.717, 1.165) is 25.7 Å². The Bertz CT molecular complexity index is 827. The quantitative estimate of drug-likeness (QED) is 0.274. The molecule has 0 aromatic heterocycles. The van der Waals surface area contributed by atoms with Crippen LogP contribution in [0.5, 0.6) is 0 Å². The van der Waals surface area contributed by atoms with Gasteiger partial charge in [0.15, 0.2) is 0 Å². The van der Waals surface area contributed by atoms with Crippen LogP contribution in [0.25, 0.3) is 0 Å². The van der Waals surface area contributed by atoms with Crippen molar-refractivity contribution in [2.75, 3.05) is 13.2 Å². The first kappa shape index (κ1) is 29.3. The van der Waals surface area contributed by atoms with Crippen molar-refractivity contribution >= 4 is 23.9 Å². The molecule has 0 spiro atoms. The Kier molecular flexibility index (Phi) is 10.4. The average Bonchev–Trinajstić information content (AvgIpc) is 3.21. The van der Waals surface area contributed by atoms with Crippen LogP contribution in [0.3, 0.4) is 0 Å². The summed E-state index contributed by atoms with van der Waals surface area (Å²) in [7, 11) is 0. The molecule has 1 saturated carbocycles. The fourth-order valence-electron chi connectivity index (χ4n) is 4.59. The van der Waals surface area contributed by atoms with Gasteiger partial charge < -0.3 is 31.4 Å². The van der Waals surface area contributed by atoms with Gasteiger partial charge in [0.25, 0.3) is 0 Å². The molecule has 1 unspecified atom stereocenters. The van der Waals surface area contributed by atoms with Crippen molar-refractivity contribution in [3.8, 4) is 0 Å². The minimum absolute atomic E-state index is 0. The molecule has 2 fully saturated rings. The Morgan fingerprint density at radius 1 is 1.26 bits per heavy atom. The van der Waals surface area contributed by atoms with Gasteiger partial charge >= 0.3 is 12.1 Å². The van der Waals surface area contributed by atoms with Crippen LogP contribution in [0.1, 0.15) is 72.6 Å². The van der Waals surface area contributed by atoms with E-state index in [0.29, 0.717) is 25.8 Å². The molecule has 3 amide bonds. The molecule has 196 valence electrons. The van der Waals surface area contributed by atoms with Gasteiger partial charge in [-0.25, -0.2) is 9.59 Å². The van der Waals surface area contributed by atoms with Crippen LogP contribution >= 0.6 is 0 Å². The van der Waals surface area contributed by atoms with Crippen molar-refractivity contribution in [3.63, 3.8) is 0 Å². The monoisotopic (exact) mass is 660 g/mol. The van der Waals surface area contributed by atoms with Gasteiger partial charge in [0, 0.05) is 27.0 Å². The van der Waals surface area contributed by atoms with E-state index in [4.69, 9.17) is 9.47 Å². The number of nitrogens with zero attached hydrogens (tertiary/aromatic N) is 1. The molecular formula is C25H38N3O6W-. The Morgan fingerprint density at radius 2 is 2.00 bits per heavy atom. The van der Waals surface area contributed by atoms with E-state index in [1.807, 2.05) is 12.5 Å². The fraction of sp³-hybridized carbons (Fsp3) is 0.720. The molecule has 9 nitrogen and oxygen atoms in total.